The van der Waals surface area contributed by atoms with Crippen molar-refractivity contribution < 1.29 is 9.84 Å². The summed E-state index contributed by atoms with van der Waals surface area (Å²) in [4.78, 5) is 0. The Balaban J connectivity index is 1.51. The first-order valence-electron chi connectivity index (χ1n) is 8.25. The number of nitriles is 1. The van der Waals surface area contributed by atoms with Gasteiger partial charge in [0.25, 0.3) is 0 Å². The van der Waals surface area contributed by atoms with E-state index in [-0.39, 0.29) is 19.3 Å². The molecule has 0 spiro atoms. The van der Waals surface area contributed by atoms with Crippen LogP contribution in [0.5, 0.6) is 0 Å². The molecule has 1 aromatic carbocycles. The largest absolute Gasteiger partial charge is 0.389 e. The Bertz CT molecular complexity index is 735. The molecule has 6 heteroatoms. The minimum atomic E-state index is -0.664. The fraction of sp³-hybridized carbons (Fsp3) is 0.444. The number of nitrogens with zero attached hydrogens (tertiary/aromatic N) is 2. The lowest BCUT2D eigenvalue weighted by molar-refractivity contribution is -0.0129. The lowest BCUT2D eigenvalue weighted by Crippen LogP contribution is -2.27. The number of aromatic nitrogens is 2. The van der Waals surface area contributed by atoms with E-state index in [0.29, 0.717) is 17.1 Å². The van der Waals surface area contributed by atoms with E-state index in [9.17, 15) is 5.11 Å². The Hall–Kier alpha value is -2.36. The van der Waals surface area contributed by atoms with Gasteiger partial charge in [-0.3, -0.25) is 5.10 Å². The summed E-state index contributed by atoms with van der Waals surface area (Å²) in [5, 5.41) is 29.0. The van der Waals surface area contributed by atoms with Crippen molar-refractivity contribution in [3.05, 3.63) is 46.6 Å². The molecular formula is C18H22N4O2. The number of hydrogen-bond acceptors (Lipinski definition) is 5. The highest BCUT2D eigenvalue weighted by atomic mass is 16.5. The zero-order valence-corrected chi connectivity index (χ0v) is 13.7. The maximum Gasteiger partial charge on any atom is 0.166 e. The highest BCUT2D eigenvalue weighted by molar-refractivity contribution is 5.53. The molecule has 1 aliphatic carbocycles. The van der Waals surface area contributed by atoms with Crippen molar-refractivity contribution in [1.29, 1.82) is 5.26 Å². The Morgan fingerprint density at radius 2 is 2.33 bits per heavy atom. The lowest BCUT2D eigenvalue weighted by atomic mass is 9.89. The summed E-state index contributed by atoms with van der Waals surface area (Å²) in [7, 11) is 0. The van der Waals surface area contributed by atoms with Gasteiger partial charge >= 0.3 is 0 Å². The van der Waals surface area contributed by atoms with Crippen molar-refractivity contribution in [1.82, 2.24) is 10.2 Å². The zero-order valence-electron chi connectivity index (χ0n) is 13.7. The first kappa shape index (κ1) is 16.5. The Kier molecular flexibility index (Phi) is 5.14. The molecule has 0 radical (unpaired) electrons. The molecule has 24 heavy (non-hydrogen) atoms. The molecule has 1 aromatic heterocycles. The first-order valence-corrected chi connectivity index (χ1v) is 8.25. The van der Waals surface area contributed by atoms with E-state index in [0.717, 1.165) is 19.3 Å². The van der Waals surface area contributed by atoms with Gasteiger partial charge in [0.05, 0.1) is 24.5 Å². The van der Waals surface area contributed by atoms with Crippen LogP contribution in [-0.4, -0.2) is 34.6 Å². The fourth-order valence-corrected chi connectivity index (χ4v) is 3.08. The second-order valence-electron chi connectivity index (χ2n) is 6.13. The summed E-state index contributed by atoms with van der Waals surface area (Å²) in [6, 6.07) is 10.4. The van der Waals surface area contributed by atoms with E-state index in [2.05, 4.69) is 39.8 Å². The van der Waals surface area contributed by atoms with Crippen molar-refractivity contribution in [3.63, 3.8) is 0 Å². The number of benzene rings is 1. The molecule has 0 unspecified atom stereocenters. The number of aliphatic hydroxyl groups excluding tert-OH is 1. The van der Waals surface area contributed by atoms with Crippen LogP contribution in [0.25, 0.3) is 0 Å². The number of rotatable bonds is 6. The Morgan fingerprint density at radius 3 is 3.17 bits per heavy atom. The van der Waals surface area contributed by atoms with E-state index in [1.807, 2.05) is 6.07 Å². The number of ether oxygens (including phenoxy) is 1. The summed E-state index contributed by atoms with van der Waals surface area (Å²) in [5.74, 6) is 0.470. The SMILES string of the molecule is Cc1[nH]nc(NC[C@@H](O)CO[C@H]2CCCc3ccccc32)c1C#N. The van der Waals surface area contributed by atoms with Gasteiger partial charge in [-0.05, 0) is 37.3 Å². The number of aliphatic hydroxyl groups is 1. The van der Waals surface area contributed by atoms with Crippen LogP contribution in [0.2, 0.25) is 0 Å². The van der Waals surface area contributed by atoms with Crippen LogP contribution in [0.4, 0.5) is 5.82 Å². The Labute approximate surface area is 141 Å². The van der Waals surface area contributed by atoms with Crippen LogP contribution in [-0.2, 0) is 11.2 Å². The number of anilines is 1. The molecule has 0 fully saturated rings. The standard InChI is InChI=1S/C18H22N4O2/c1-12-16(9-19)18(22-21-12)20-10-14(23)11-24-17-8-4-6-13-5-2-3-7-15(13)17/h2-3,5,7,14,17,23H,4,6,8,10-11H2,1H3,(H2,20,21,22)/t14-,17+/m1/s1. The molecule has 0 aliphatic heterocycles. The average molecular weight is 326 g/mol. The molecule has 1 heterocycles. The van der Waals surface area contributed by atoms with Gasteiger partial charge in [-0.2, -0.15) is 10.4 Å². The molecule has 2 atom stereocenters. The van der Waals surface area contributed by atoms with Crippen LogP contribution in [0.15, 0.2) is 24.3 Å². The maximum atomic E-state index is 10.2. The normalized spacial score (nSPS) is 17.8. The molecule has 0 saturated carbocycles. The van der Waals surface area contributed by atoms with Crippen LogP contribution in [0.1, 0.15) is 41.3 Å². The Morgan fingerprint density at radius 1 is 1.50 bits per heavy atom. The average Bonchev–Trinajstić information content (AvgIpc) is 2.97. The van der Waals surface area contributed by atoms with E-state index < -0.39 is 6.10 Å². The van der Waals surface area contributed by atoms with Gasteiger partial charge in [0.15, 0.2) is 5.82 Å². The van der Waals surface area contributed by atoms with Gasteiger partial charge in [-0.15, -0.1) is 0 Å². The number of hydrogen-bond donors (Lipinski definition) is 3. The van der Waals surface area contributed by atoms with Gasteiger partial charge in [0, 0.05) is 6.54 Å². The summed E-state index contributed by atoms with van der Waals surface area (Å²) in [6.07, 6.45) is 2.56. The lowest BCUT2D eigenvalue weighted by Gasteiger charge is -2.26. The third-order valence-corrected chi connectivity index (χ3v) is 4.37. The van der Waals surface area contributed by atoms with Crippen LogP contribution in [0.3, 0.4) is 0 Å². The summed E-state index contributed by atoms with van der Waals surface area (Å²) >= 11 is 0. The summed E-state index contributed by atoms with van der Waals surface area (Å²) in [5.41, 5.74) is 3.76. The third kappa shape index (κ3) is 3.58. The van der Waals surface area contributed by atoms with Gasteiger partial charge in [-0.25, -0.2) is 0 Å². The van der Waals surface area contributed by atoms with Crippen molar-refractivity contribution in [2.24, 2.45) is 0 Å². The zero-order chi connectivity index (χ0) is 16.9. The van der Waals surface area contributed by atoms with Crippen molar-refractivity contribution in [2.75, 3.05) is 18.5 Å². The van der Waals surface area contributed by atoms with Gasteiger partial charge in [0.1, 0.15) is 11.6 Å². The van der Waals surface area contributed by atoms with Gasteiger partial charge in [0.2, 0.25) is 0 Å². The summed E-state index contributed by atoms with van der Waals surface area (Å²) < 4.78 is 5.94. The smallest absolute Gasteiger partial charge is 0.166 e. The van der Waals surface area contributed by atoms with Crippen LogP contribution < -0.4 is 5.32 Å². The van der Waals surface area contributed by atoms with Crippen LogP contribution >= 0.6 is 0 Å². The topological polar surface area (TPSA) is 94.0 Å². The van der Waals surface area contributed by atoms with Crippen molar-refractivity contribution in [2.45, 2.75) is 38.4 Å². The minimum Gasteiger partial charge on any atom is -0.389 e. The molecule has 1 aliphatic rings. The fourth-order valence-electron chi connectivity index (χ4n) is 3.08. The molecule has 6 nitrogen and oxygen atoms in total. The predicted molar refractivity (Wildman–Crippen MR) is 90.6 cm³/mol. The highest BCUT2D eigenvalue weighted by Crippen LogP contribution is 2.32. The number of aromatic amines is 1. The molecule has 126 valence electrons. The third-order valence-electron chi connectivity index (χ3n) is 4.37. The van der Waals surface area contributed by atoms with E-state index in [4.69, 9.17) is 10.00 Å². The van der Waals surface area contributed by atoms with Crippen molar-refractivity contribution >= 4 is 5.82 Å². The molecule has 0 saturated heterocycles. The monoisotopic (exact) mass is 326 g/mol. The van der Waals surface area contributed by atoms with Gasteiger partial charge < -0.3 is 15.2 Å². The molecule has 3 rings (SSSR count). The first-order chi connectivity index (χ1) is 11.7. The maximum absolute atomic E-state index is 10.2. The number of nitrogens with one attached hydrogen (secondary N) is 2. The highest BCUT2D eigenvalue weighted by Gasteiger charge is 2.21. The molecule has 0 amide bonds. The molecule has 0 bridgehead atoms. The summed E-state index contributed by atoms with van der Waals surface area (Å²) in [6.45, 7) is 2.32. The van der Waals surface area contributed by atoms with Crippen LogP contribution in [0, 0.1) is 18.3 Å². The van der Waals surface area contributed by atoms with Crippen molar-refractivity contribution in [3.8, 4) is 6.07 Å². The number of fused-ring (bicyclic) bond motifs is 1. The minimum absolute atomic E-state index is 0.0481. The van der Waals surface area contributed by atoms with E-state index >= 15 is 0 Å². The number of H-pyrrole nitrogens is 1. The molecule has 2 aromatic rings. The molecular weight excluding hydrogens is 304 g/mol. The van der Waals surface area contributed by atoms with E-state index in [1.54, 1.807) is 6.92 Å². The second kappa shape index (κ2) is 7.47. The quantitative estimate of drug-likeness (QED) is 0.758. The number of aryl methyl sites for hydroxylation is 2. The molecule has 3 N–H and O–H groups in total. The van der Waals surface area contributed by atoms with E-state index in [1.165, 1.54) is 11.1 Å². The van der Waals surface area contributed by atoms with Gasteiger partial charge in [-0.1, -0.05) is 24.3 Å². The predicted octanol–water partition coefficient (Wildman–Crippen LogP) is 2.46. The second-order valence-corrected chi connectivity index (χ2v) is 6.13.